The van der Waals surface area contributed by atoms with Gasteiger partial charge in [-0.1, -0.05) is 71.1 Å². The first-order chi connectivity index (χ1) is 10.7. The Morgan fingerprint density at radius 2 is 1.41 bits per heavy atom. The van der Waals surface area contributed by atoms with Crippen LogP contribution in [0, 0.1) is 5.82 Å². The molecule has 1 aromatic rings. The minimum atomic E-state index is -0.628. The summed E-state index contributed by atoms with van der Waals surface area (Å²) in [6.07, 6.45) is 14.3. The number of aromatic hydroxyl groups is 1. The Morgan fingerprint density at radius 1 is 0.864 bits per heavy atom. The highest BCUT2D eigenvalue weighted by atomic mass is 19.1. The Morgan fingerprint density at radius 3 is 1.95 bits per heavy atom. The van der Waals surface area contributed by atoms with Crippen molar-refractivity contribution in [2.75, 3.05) is 6.61 Å². The second-order valence-electron chi connectivity index (χ2n) is 6.00. The Hall–Kier alpha value is -1.25. The SMILES string of the molecule is CCCCCCCCCCCCCOc1ccc(O)c(F)c1. The molecule has 0 spiro atoms. The van der Waals surface area contributed by atoms with Gasteiger partial charge in [-0.15, -0.1) is 0 Å². The van der Waals surface area contributed by atoms with Gasteiger partial charge in [0.25, 0.3) is 0 Å². The molecule has 0 saturated carbocycles. The summed E-state index contributed by atoms with van der Waals surface area (Å²) in [6, 6.07) is 4.15. The number of rotatable bonds is 13. The number of phenols is 1. The van der Waals surface area contributed by atoms with Crippen LogP contribution in [-0.4, -0.2) is 11.7 Å². The number of hydrogen-bond acceptors (Lipinski definition) is 2. The van der Waals surface area contributed by atoms with Crippen LogP contribution in [-0.2, 0) is 0 Å². The summed E-state index contributed by atoms with van der Waals surface area (Å²) < 4.78 is 18.6. The summed E-state index contributed by atoms with van der Waals surface area (Å²) in [5.41, 5.74) is 0. The van der Waals surface area contributed by atoms with Crippen molar-refractivity contribution in [2.24, 2.45) is 0 Å². The molecule has 0 radical (unpaired) electrons. The van der Waals surface area contributed by atoms with Crippen LogP contribution in [0.5, 0.6) is 11.5 Å². The number of halogens is 1. The molecule has 3 heteroatoms. The smallest absolute Gasteiger partial charge is 0.168 e. The summed E-state index contributed by atoms with van der Waals surface area (Å²) in [4.78, 5) is 0. The van der Waals surface area contributed by atoms with Gasteiger partial charge < -0.3 is 9.84 Å². The zero-order valence-electron chi connectivity index (χ0n) is 14.0. The van der Waals surface area contributed by atoms with Crippen molar-refractivity contribution in [3.05, 3.63) is 24.0 Å². The lowest BCUT2D eigenvalue weighted by Crippen LogP contribution is -1.97. The molecule has 0 bridgehead atoms. The van der Waals surface area contributed by atoms with E-state index in [2.05, 4.69) is 6.92 Å². The van der Waals surface area contributed by atoms with E-state index < -0.39 is 5.82 Å². The summed E-state index contributed by atoms with van der Waals surface area (Å²) in [5.74, 6) is -0.471. The quantitative estimate of drug-likeness (QED) is 0.438. The van der Waals surface area contributed by atoms with E-state index >= 15 is 0 Å². The third kappa shape index (κ3) is 8.91. The van der Waals surface area contributed by atoms with Crippen LogP contribution in [0.15, 0.2) is 18.2 Å². The fourth-order valence-electron chi connectivity index (χ4n) is 2.53. The topological polar surface area (TPSA) is 29.5 Å². The first-order valence-electron chi connectivity index (χ1n) is 8.85. The molecule has 0 atom stereocenters. The lowest BCUT2D eigenvalue weighted by Gasteiger charge is -2.07. The van der Waals surface area contributed by atoms with E-state index in [0.717, 1.165) is 12.8 Å². The molecule has 1 rings (SSSR count). The van der Waals surface area contributed by atoms with E-state index in [1.165, 1.54) is 69.9 Å². The maximum Gasteiger partial charge on any atom is 0.168 e. The number of ether oxygens (including phenoxy) is 1. The van der Waals surface area contributed by atoms with Gasteiger partial charge in [0.1, 0.15) is 5.75 Å². The summed E-state index contributed by atoms with van der Waals surface area (Å²) in [6.45, 7) is 2.86. The van der Waals surface area contributed by atoms with Crippen LogP contribution in [0.2, 0.25) is 0 Å². The van der Waals surface area contributed by atoms with Gasteiger partial charge in [0.2, 0.25) is 0 Å². The standard InChI is InChI=1S/C19H31FO2/c1-2-3-4-5-6-7-8-9-10-11-12-15-22-17-13-14-19(21)18(20)16-17/h13-14,16,21H,2-12,15H2,1H3. The first-order valence-corrected chi connectivity index (χ1v) is 8.85. The van der Waals surface area contributed by atoms with Crippen molar-refractivity contribution < 1.29 is 14.2 Å². The molecule has 1 aromatic carbocycles. The molecular weight excluding hydrogens is 279 g/mol. The lowest BCUT2D eigenvalue weighted by atomic mass is 10.1. The molecule has 1 N–H and O–H groups in total. The Bertz CT molecular complexity index is 393. The van der Waals surface area contributed by atoms with Gasteiger partial charge in [-0.3, -0.25) is 0 Å². The lowest BCUT2D eigenvalue weighted by molar-refractivity contribution is 0.301. The number of hydrogen-bond donors (Lipinski definition) is 1. The molecule has 0 amide bonds. The van der Waals surface area contributed by atoms with E-state index in [1.54, 1.807) is 6.07 Å². The zero-order valence-corrected chi connectivity index (χ0v) is 14.0. The van der Waals surface area contributed by atoms with E-state index in [9.17, 15) is 4.39 Å². The van der Waals surface area contributed by atoms with Gasteiger partial charge >= 0.3 is 0 Å². The van der Waals surface area contributed by atoms with Crippen molar-refractivity contribution >= 4 is 0 Å². The van der Waals surface area contributed by atoms with Crippen LogP contribution < -0.4 is 4.74 Å². The van der Waals surface area contributed by atoms with Crippen molar-refractivity contribution in [1.29, 1.82) is 0 Å². The molecule has 22 heavy (non-hydrogen) atoms. The largest absolute Gasteiger partial charge is 0.505 e. The molecule has 0 aromatic heterocycles. The fourth-order valence-corrected chi connectivity index (χ4v) is 2.53. The fraction of sp³-hybridized carbons (Fsp3) is 0.684. The van der Waals surface area contributed by atoms with Gasteiger partial charge in [0.15, 0.2) is 11.6 Å². The predicted octanol–water partition coefficient (Wildman–Crippen LogP) is 6.22. The summed E-state index contributed by atoms with van der Waals surface area (Å²) >= 11 is 0. The first kappa shape index (κ1) is 18.8. The van der Waals surface area contributed by atoms with Gasteiger partial charge in [-0.05, 0) is 18.6 Å². The monoisotopic (exact) mass is 310 g/mol. The maximum absolute atomic E-state index is 13.1. The highest BCUT2D eigenvalue weighted by Crippen LogP contribution is 2.21. The highest BCUT2D eigenvalue weighted by molar-refractivity contribution is 5.31. The molecule has 0 aliphatic carbocycles. The minimum absolute atomic E-state index is 0.331. The Balaban J connectivity index is 1.88. The molecule has 2 nitrogen and oxygen atoms in total. The average molecular weight is 310 g/mol. The van der Waals surface area contributed by atoms with Crippen LogP contribution in [0.3, 0.4) is 0 Å². The number of phenolic OH excluding ortho intramolecular Hbond substituents is 1. The van der Waals surface area contributed by atoms with Gasteiger partial charge in [-0.2, -0.15) is 0 Å². The van der Waals surface area contributed by atoms with Crippen molar-refractivity contribution in [3.8, 4) is 11.5 Å². The minimum Gasteiger partial charge on any atom is -0.505 e. The molecule has 0 heterocycles. The van der Waals surface area contributed by atoms with E-state index in [4.69, 9.17) is 9.84 Å². The summed E-state index contributed by atoms with van der Waals surface area (Å²) in [7, 11) is 0. The molecule has 0 unspecified atom stereocenters. The van der Waals surface area contributed by atoms with Crippen molar-refractivity contribution in [3.63, 3.8) is 0 Å². The third-order valence-electron chi connectivity index (χ3n) is 3.94. The molecule has 0 aliphatic heterocycles. The molecule has 0 aliphatic rings. The van der Waals surface area contributed by atoms with Gasteiger partial charge in [-0.25, -0.2) is 4.39 Å². The van der Waals surface area contributed by atoms with Gasteiger partial charge in [0.05, 0.1) is 6.61 Å². The van der Waals surface area contributed by atoms with Crippen LogP contribution in [0.25, 0.3) is 0 Å². The molecule has 126 valence electrons. The van der Waals surface area contributed by atoms with E-state index in [1.807, 2.05) is 0 Å². The molecular formula is C19H31FO2. The summed E-state index contributed by atoms with van der Waals surface area (Å²) in [5, 5.41) is 9.09. The second-order valence-corrected chi connectivity index (χ2v) is 6.00. The van der Waals surface area contributed by atoms with Crippen LogP contribution in [0.4, 0.5) is 4.39 Å². The number of benzene rings is 1. The molecule has 0 saturated heterocycles. The average Bonchev–Trinajstić information content (AvgIpc) is 2.52. The Labute approximate surface area is 134 Å². The van der Waals surface area contributed by atoms with E-state index in [0.29, 0.717) is 12.4 Å². The second kappa shape index (κ2) is 12.3. The number of unbranched alkanes of at least 4 members (excludes halogenated alkanes) is 10. The third-order valence-corrected chi connectivity index (χ3v) is 3.94. The maximum atomic E-state index is 13.1. The van der Waals surface area contributed by atoms with Crippen molar-refractivity contribution in [1.82, 2.24) is 0 Å². The molecule has 0 fully saturated rings. The normalized spacial score (nSPS) is 10.8. The van der Waals surface area contributed by atoms with Crippen LogP contribution >= 0.6 is 0 Å². The van der Waals surface area contributed by atoms with Crippen molar-refractivity contribution in [2.45, 2.75) is 77.6 Å². The van der Waals surface area contributed by atoms with Crippen LogP contribution in [0.1, 0.15) is 77.6 Å². The van der Waals surface area contributed by atoms with Gasteiger partial charge in [0, 0.05) is 6.07 Å². The highest BCUT2D eigenvalue weighted by Gasteiger charge is 2.02. The Kier molecular flexibility index (Phi) is 10.5. The predicted molar refractivity (Wildman–Crippen MR) is 90.0 cm³/mol. The zero-order chi connectivity index (χ0) is 16.0. The van der Waals surface area contributed by atoms with E-state index in [-0.39, 0.29) is 5.75 Å².